The Hall–Kier alpha value is -0.490. The minimum atomic E-state index is -0.245. The van der Waals surface area contributed by atoms with E-state index < -0.39 is 0 Å². The largest absolute Gasteiger partial charge is 0.378 e. The summed E-state index contributed by atoms with van der Waals surface area (Å²) in [5.74, 6) is 5.33. The molecule has 0 saturated carbocycles. The van der Waals surface area contributed by atoms with E-state index in [9.17, 15) is 4.39 Å². The van der Waals surface area contributed by atoms with Crippen LogP contribution in [0, 0.1) is 5.82 Å². The normalized spacial score (nSPS) is 21.2. The van der Waals surface area contributed by atoms with Gasteiger partial charge in [0.2, 0.25) is 0 Å². The van der Waals surface area contributed by atoms with E-state index in [1.807, 2.05) is 0 Å². The van der Waals surface area contributed by atoms with Crippen molar-refractivity contribution < 1.29 is 9.13 Å². The van der Waals surface area contributed by atoms with Crippen molar-refractivity contribution in [3.63, 3.8) is 0 Å². The summed E-state index contributed by atoms with van der Waals surface area (Å²) in [4.78, 5) is 0. The van der Waals surface area contributed by atoms with Crippen molar-refractivity contribution in [1.82, 2.24) is 5.43 Å². The molecule has 0 aliphatic carbocycles. The number of benzene rings is 1. The molecule has 0 aromatic heterocycles. The molecule has 2 atom stereocenters. The Morgan fingerprint density at radius 3 is 3.06 bits per heavy atom. The van der Waals surface area contributed by atoms with Crippen LogP contribution in [0.5, 0.6) is 0 Å². The van der Waals surface area contributed by atoms with E-state index >= 15 is 0 Å². The smallest absolute Gasteiger partial charge is 0.123 e. The van der Waals surface area contributed by atoms with Crippen LogP contribution in [-0.2, 0) is 4.74 Å². The Labute approximate surface area is 115 Å². The molecule has 1 saturated heterocycles. The fraction of sp³-hybridized carbons (Fsp3) is 0.538. The van der Waals surface area contributed by atoms with Gasteiger partial charge in [-0.3, -0.25) is 11.3 Å². The standard InChI is InChI=1S/C13H18BrFN2O/c14-12-5-3-9(15)8-11(12)13(17-16)6-4-10-2-1-7-18-10/h3,5,8,10,13,17H,1-2,4,6-7,16H2. The Morgan fingerprint density at radius 1 is 1.56 bits per heavy atom. The van der Waals surface area contributed by atoms with E-state index in [4.69, 9.17) is 10.6 Å². The zero-order valence-electron chi connectivity index (χ0n) is 10.2. The minimum absolute atomic E-state index is 0.0562. The molecule has 5 heteroatoms. The van der Waals surface area contributed by atoms with Crippen LogP contribution in [0.3, 0.4) is 0 Å². The highest BCUT2D eigenvalue weighted by Crippen LogP contribution is 2.29. The van der Waals surface area contributed by atoms with Gasteiger partial charge in [-0.2, -0.15) is 0 Å². The molecule has 1 aromatic carbocycles. The van der Waals surface area contributed by atoms with Crippen LogP contribution < -0.4 is 11.3 Å². The topological polar surface area (TPSA) is 47.3 Å². The summed E-state index contributed by atoms with van der Waals surface area (Å²) >= 11 is 3.43. The summed E-state index contributed by atoms with van der Waals surface area (Å²) < 4.78 is 19.7. The van der Waals surface area contributed by atoms with Crippen molar-refractivity contribution in [3.05, 3.63) is 34.1 Å². The number of rotatable bonds is 5. The fourth-order valence-electron chi connectivity index (χ4n) is 2.33. The minimum Gasteiger partial charge on any atom is -0.378 e. The van der Waals surface area contributed by atoms with Gasteiger partial charge >= 0.3 is 0 Å². The molecule has 1 aliphatic rings. The number of ether oxygens (including phenoxy) is 1. The molecule has 0 spiro atoms. The number of nitrogens with one attached hydrogen (secondary N) is 1. The summed E-state index contributed by atoms with van der Waals surface area (Å²) in [5, 5.41) is 0. The number of nitrogens with two attached hydrogens (primary N) is 1. The predicted molar refractivity (Wildman–Crippen MR) is 72.4 cm³/mol. The maximum atomic E-state index is 13.3. The van der Waals surface area contributed by atoms with Gasteiger partial charge in [-0.15, -0.1) is 0 Å². The van der Waals surface area contributed by atoms with Gasteiger partial charge in [-0.05, 0) is 49.4 Å². The van der Waals surface area contributed by atoms with Crippen molar-refractivity contribution in [2.75, 3.05) is 6.61 Å². The van der Waals surface area contributed by atoms with Crippen LogP contribution in [0.15, 0.2) is 22.7 Å². The van der Waals surface area contributed by atoms with E-state index in [0.29, 0.717) is 6.10 Å². The molecule has 3 nitrogen and oxygen atoms in total. The molecule has 2 rings (SSSR count). The molecule has 0 amide bonds. The Balaban J connectivity index is 2.00. The summed E-state index contributed by atoms with van der Waals surface area (Å²) in [6, 6.07) is 4.60. The second kappa shape index (κ2) is 6.61. The number of hydrazine groups is 1. The van der Waals surface area contributed by atoms with E-state index in [-0.39, 0.29) is 11.9 Å². The third kappa shape index (κ3) is 3.51. The summed E-state index contributed by atoms with van der Waals surface area (Å²) in [5.41, 5.74) is 3.62. The second-order valence-electron chi connectivity index (χ2n) is 4.60. The molecular weight excluding hydrogens is 299 g/mol. The van der Waals surface area contributed by atoms with Gasteiger partial charge in [0.25, 0.3) is 0 Å². The second-order valence-corrected chi connectivity index (χ2v) is 5.45. The van der Waals surface area contributed by atoms with Gasteiger partial charge in [0.15, 0.2) is 0 Å². The third-order valence-electron chi connectivity index (χ3n) is 3.34. The quantitative estimate of drug-likeness (QED) is 0.648. The van der Waals surface area contributed by atoms with Crippen LogP contribution in [0.25, 0.3) is 0 Å². The van der Waals surface area contributed by atoms with Gasteiger partial charge in [-0.25, -0.2) is 4.39 Å². The van der Waals surface area contributed by atoms with E-state index in [1.165, 1.54) is 12.1 Å². The highest BCUT2D eigenvalue weighted by Gasteiger charge is 2.19. The highest BCUT2D eigenvalue weighted by molar-refractivity contribution is 9.10. The summed E-state index contributed by atoms with van der Waals surface area (Å²) in [7, 11) is 0. The fourth-order valence-corrected chi connectivity index (χ4v) is 2.86. The first-order valence-electron chi connectivity index (χ1n) is 6.23. The molecule has 18 heavy (non-hydrogen) atoms. The van der Waals surface area contributed by atoms with Crippen molar-refractivity contribution in [1.29, 1.82) is 0 Å². The Bertz CT molecular complexity index is 397. The monoisotopic (exact) mass is 316 g/mol. The Morgan fingerprint density at radius 2 is 2.39 bits per heavy atom. The summed E-state index contributed by atoms with van der Waals surface area (Å²) in [6.45, 7) is 0.856. The molecule has 2 unspecified atom stereocenters. The lowest BCUT2D eigenvalue weighted by Crippen LogP contribution is -2.29. The molecule has 3 N–H and O–H groups in total. The van der Waals surface area contributed by atoms with Crippen LogP contribution in [0.4, 0.5) is 4.39 Å². The highest BCUT2D eigenvalue weighted by atomic mass is 79.9. The van der Waals surface area contributed by atoms with Gasteiger partial charge in [0, 0.05) is 17.1 Å². The summed E-state index contributed by atoms with van der Waals surface area (Å²) in [6.07, 6.45) is 4.35. The molecule has 1 fully saturated rings. The number of hydrogen-bond donors (Lipinski definition) is 2. The molecule has 1 aliphatic heterocycles. The van der Waals surface area contributed by atoms with E-state index in [1.54, 1.807) is 6.07 Å². The lowest BCUT2D eigenvalue weighted by atomic mass is 10.00. The van der Waals surface area contributed by atoms with Crippen LogP contribution in [-0.4, -0.2) is 12.7 Å². The average Bonchev–Trinajstić information content (AvgIpc) is 2.87. The van der Waals surface area contributed by atoms with E-state index in [2.05, 4.69) is 21.4 Å². The molecular formula is C13H18BrFN2O. The molecule has 0 radical (unpaired) electrons. The average molecular weight is 317 g/mol. The molecule has 0 bridgehead atoms. The van der Waals surface area contributed by atoms with Crippen molar-refractivity contribution in [3.8, 4) is 0 Å². The lowest BCUT2D eigenvalue weighted by molar-refractivity contribution is 0.0996. The first kappa shape index (κ1) is 13.9. The van der Waals surface area contributed by atoms with Crippen molar-refractivity contribution in [2.24, 2.45) is 5.84 Å². The van der Waals surface area contributed by atoms with Gasteiger partial charge in [-0.1, -0.05) is 15.9 Å². The van der Waals surface area contributed by atoms with Gasteiger partial charge in [0.1, 0.15) is 5.82 Å². The first-order valence-corrected chi connectivity index (χ1v) is 7.02. The van der Waals surface area contributed by atoms with Crippen LogP contribution in [0.2, 0.25) is 0 Å². The van der Waals surface area contributed by atoms with Crippen LogP contribution in [0.1, 0.15) is 37.3 Å². The maximum Gasteiger partial charge on any atom is 0.123 e. The lowest BCUT2D eigenvalue weighted by Gasteiger charge is -2.19. The third-order valence-corrected chi connectivity index (χ3v) is 4.06. The van der Waals surface area contributed by atoms with Gasteiger partial charge in [0.05, 0.1) is 6.10 Å². The van der Waals surface area contributed by atoms with Gasteiger partial charge < -0.3 is 4.74 Å². The Kier molecular flexibility index (Phi) is 5.12. The number of hydrogen-bond acceptors (Lipinski definition) is 3. The van der Waals surface area contributed by atoms with Crippen molar-refractivity contribution >= 4 is 15.9 Å². The zero-order chi connectivity index (χ0) is 13.0. The number of halogens is 2. The molecule has 1 aromatic rings. The van der Waals surface area contributed by atoms with E-state index in [0.717, 1.165) is 42.3 Å². The zero-order valence-corrected chi connectivity index (χ0v) is 11.7. The predicted octanol–water partition coefficient (Wildman–Crippen LogP) is 3.05. The maximum absolute atomic E-state index is 13.3. The molecule has 1 heterocycles. The van der Waals surface area contributed by atoms with Crippen molar-refractivity contribution in [2.45, 2.75) is 37.8 Å². The van der Waals surface area contributed by atoms with Crippen LogP contribution >= 0.6 is 15.9 Å². The molecule has 100 valence electrons. The SMILES string of the molecule is NNC(CCC1CCCO1)c1cc(F)ccc1Br. The first-order chi connectivity index (χ1) is 8.70.